The summed E-state index contributed by atoms with van der Waals surface area (Å²) in [5.41, 5.74) is 4.07. The molecule has 0 bridgehead atoms. The van der Waals surface area contributed by atoms with Crippen molar-refractivity contribution in [2.24, 2.45) is 11.8 Å². The molecule has 0 aliphatic carbocycles. The van der Waals surface area contributed by atoms with Gasteiger partial charge in [-0.1, -0.05) is 0 Å². The van der Waals surface area contributed by atoms with Crippen molar-refractivity contribution in [2.45, 2.75) is 33.6 Å². The molecule has 0 spiro atoms. The molecule has 136 valence electrons. The second-order valence-electron chi connectivity index (χ2n) is 7.28. The summed E-state index contributed by atoms with van der Waals surface area (Å²) in [7, 11) is 0. The van der Waals surface area contributed by atoms with Gasteiger partial charge in [-0.3, -0.25) is 4.79 Å². The Kier molecular flexibility index (Phi) is 5.02. The van der Waals surface area contributed by atoms with Crippen LogP contribution in [0.3, 0.4) is 0 Å². The van der Waals surface area contributed by atoms with Crippen molar-refractivity contribution in [1.82, 2.24) is 24.8 Å². The molecule has 7 heteroatoms. The van der Waals surface area contributed by atoms with Crippen LogP contribution in [-0.4, -0.2) is 51.6 Å². The van der Waals surface area contributed by atoms with E-state index in [9.17, 15) is 4.79 Å². The van der Waals surface area contributed by atoms with Gasteiger partial charge in [0, 0.05) is 24.5 Å². The average molecular weight is 364 g/mol. The molecule has 0 unspecified atom stereocenters. The number of halogens is 1. The van der Waals surface area contributed by atoms with Crippen LogP contribution < -0.4 is 5.32 Å². The predicted octanol–water partition coefficient (Wildman–Crippen LogP) is 2.15. The van der Waals surface area contributed by atoms with Crippen LogP contribution in [-0.2, 0) is 0 Å². The van der Waals surface area contributed by atoms with Crippen molar-refractivity contribution in [3.8, 4) is 0 Å². The zero-order valence-electron chi connectivity index (χ0n) is 15.1. The van der Waals surface area contributed by atoms with E-state index in [1.165, 1.54) is 0 Å². The van der Waals surface area contributed by atoms with E-state index >= 15 is 0 Å². The molecule has 2 atom stereocenters. The standard InChI is InChI=1S/C18H25N5O.ClH/c1-11-8-12(2)23-17(20-11)16(13(3)21-23)18(24)22-6-4-14-9-19-10-15(14)5-7-22;/h8,14-15,19H,4-7,9-10H2,1-3H3;1H/t14-,15+;. The fourth-order valence-corrected chi connectivity index (χ4v) is 4.26. The highest BCUT2D eigenvalue weighted by atomic mass is 35.5. The van der Waals surface area contributed by atoms with Gasteiger partial charge >= 0.3 is 0 Å². The average Bonchev–Trinajstić information content (AvgIpc) is 3.05. The zero-order valence-corrected chi connectivity index (χ0v) is 15.9. The summed E-state index contributed by atoms with van der Waals surface area (Å²) in [6.07, 6.45) is 2.18. The van der Waals surface area contributed by atoms with Gasteiger partial charge in [-0.15, -0.1) is 12.4 Å². The third-order valence-electron chi connectivity index (χ3n) is 5.59. The number of fused-ring (bicyclic) bond motifs is 2. The number of amides is 1. The van der Waals surface area contributed by atoms with Gasteiger partial charge in [-0.05, 0) is 64.6 Å². The number of aryl methyl sites for hydroxylation is 3. The lowest BCUT2D eigenvalue weighted by Crippen LogP contribution is -2.33. The van der Waals surface area contributed by atoms with Crippen LogP contribution in [0.2, 0.25) is 0 Å². The Hall–Kier alpha value is -1.66. The van der Waals surface area contributed by atoms with Crippen molar-refractivity contribution in [3.05, 3.63) is 28.7 Å². The van der Waals surface area contributed by atoms with Crippen LogP contribution in [0, 0.1) is 32.6 Å². The molecule has 25 heavy (non-hydrogen) atoms. The fraction of sp³-hybridized carbons (Fsp3) is 0.611. The van der Waals surface area contributed by atoms with Gasteiger partial charge in [0.2, 0.25) is 0 Å². The number of aromatic nitrogens is 3. The fourth-order valence-electron chi connectivity index (χ4n) is 4.26. The first-order chi connectivity index (χ1) is 11.5. The molecule has 2 fully saturated rings. The number of likely N-dealkylation sites (tertiary alicyclic amines) is 1. The monoisotopic (exact) mass is 363 g/mol. The van der Waals surface area contributed by atoms with Crippen molar-refractivity contribution in [3.63, 3.8) is 0 Å². The number of hydrogen-bond donors (Lipinski definition) is 1. The summed E-state index contributed by atoms with van der Waals surface area (Å²) < 4.78 is 1.80. The molecular formula is C18H26ClN5O. The first-order valence-corrected chi connectivity index (χ1v) is 8.88. The molecule has 2 saturated heterocycles. The van der Waals surface area contributed by atoms with Crippen molar-refractivity contribution < 1.29 is 4.79 Å². The van der Waals surface area contributed by atoms with Gasteiger partial charge in [0.15, 0.2) is 5.65 Å². The highest BCUT2D eigenvalue weighted by Gasteiger charge is 2.33. The van der Waals surface area contributed by atoms with Crippen molar-refractivity contribution in [2.75, 3.05) is 26.2 Å². The van der Waals surface area contributed by atoms with E-state index in [1.54, 1.807) is 4.52 Å². The summed E-state index contributed by atoms with van der Waals surface area (Å²) in [4.78, 5) is 19.8. The Morgan fingerprint density at radius 2 is 1.80 bits per heavy atom. The topological polar surface area (TPSA) is 62.5 Å². The third-order valence-corrected chi connectivity index (χ3v) is 5.59. The van der Waals surface area contributed by atoms with Gasteiger partial charge in [-0.25, -0.2) is 9.50 Å². The zero-order chi connectivity index (χ0) is 16.8. The summed E-state index contributed by atoms with van der Waals surface area (Å²) in [5, 5.41) is 8.03. The molecule has 4 heterocycles. The molecular weight excluding hydrogens is 338 g/mol. The smallest absolute Gasteiger partial charge is 0.259 e. The Morgan fingerprint density at radius 3 is 2.44 bits per heavy atom. The van der Waals surface area contributed by atoms with Gasteiger partial charge < -0.3 is 10.2 Å². The lowest BCUT2D eigenvalue weighted by molar-refractivity contribution is 0.0759. The van der Waals surface area contributed by atoms with Crippen LogP contribution in [0.5, 0.6) is 0 Å². The van der Waals surface area contributed by atoms with Gasteiger partial charge in [0.1, 0.15) is 5.56 Å². The summed E-state index contributed by atoms with van der Waals surface area (Å²) in [6, 6.07) is 1.99. The molecule has 6 nitrogen and oxygen atoms in total. The minimum absolute atomic E-state index is 0. The molecule has 2 aliphatic heterocycles. The lowest BCUT2D eigenvalue weighted by Gasteiger charge is -2.20. The maximum atomic E-state index is 13.2. The first-order valence-electron chi connectivity index (χ1n) is 8.88. The number of carbonyl (C=O) groups is 1. The van der Waals surface area contributed by atoms with E-state index < -0.39 is 0 Å². The van der Waals surface area contributed by atoms with Crippen LogP contribution in [0.4, 0.5) is 0 Å². The highest BCUT2D eigenvalue weighted by molar-refractivity contribution is 6.01. The number of nitrogens with one attached hydrogen (secondary N) is 1. The number of nitrogens with zero attached hydrogens (tertiary/aromatic N) is 4. The third kappa shape index (κ3) is 3.13. The van der Waals surface area contributed by atoms with Crippen LogP contribution in [0.25, 0.3) is 5.65 Å². The van der Waals surface area contributed by atoms with Crippen molar-refractivity contribution >= 4 is 24.0 Å². The Bertz CT molecular complexity index is 788. The number of carbonyl (C=O) groups excluding carboxylic acids is 1. The maximum Gasteiger partial charge on any atom is 0.259 e. The number of rotatable bonds is 1. The second kappa shape index (κ2) is 6.92. The van der Waals surface area contributed by atoms with Crippen molar-refractivity contribution in [1.29, 1.82) is 0 Å². The summed E-state index contributed by atoms with van der Waals surface area (Å²) in [5.74, 6) is 1.53. The predicted molar refractivity (Wildman–Crippen MR) is 99.4 cm³/mol. The second-order valence-corrected chi connectivity index (χ2v) is 7.28. The molecule has 4 rings (SSSR count). The lowest BCUT2D eigenvalue weighted by atomic mass is 9.92. The Morgan fingerprint density at radius 1 is 1.16 bits per heavy atom. The molecule has 0 radical (unpaired) electrons. The van der Waals surface area contributed by atoms with Gasteiger partial charge in [-0.2, -0.15) is 5.10 Å². The van der Waals surface area contributed by atoms with E-state index in [4.69, 9.17) is 0 Å². The SMILES string of the molecule is Cc1cc(C)n2nc(C)c(C(=O)N3CC[C@@H]4CNC[C@@H]4CC3)c2n1.Cl. The largest absolute Gasteiger partial charge is 0.338 e. The quantitative estimate of drug-likeness (QED) is 0.843. The summed E-state index contributed by atoms with van der Waals surface area (Å²) in [6.45, 7) is 9.75. The molecule has 1 amide bonds. The molecule has 2 aromatic heterocycles. The van der Waals surface area contributed by atoms with Crippen LogP contribution >= 0.6 is 12.4 Å². The maximum absolute atomic E-state index is 13.2. The summed E-state index contributed by atoms with van der Waals surface area (Å²) >= 11 is 0. The van der Waals surface area contributed by atoms with E-state index in [-0.39, 0.29) is 18.3 Å². The van der Waals surface area contributed by atoms with Crippen LogP contribution in [0.15, 0.2) is 6.07 Å². The van der Waals surface area contributed by atoms with Gasteiger partial charge in [0.25, 0.3) is 5.91 Å². The first kappa shape index (κ1) is 18.1. The molecule has 2 aromatic rings. The molecule has 2 aliphatic rings. The van der Waals surface area contributed by atoms with E-state index in [2.05, 4.69) is 15.4 Å². The Labute approximate surface area is 154 Å². The van der Waals surface area contributed by atoms with Crippen LogP contribution in [0.1, 0.15) is 40.3 Å². The van der Waals surface area contributed by atoms with Gasteiger partial charge in [0.05, 0.1) is 5.69 Å². The Balaban J connectivity index is 0.00000182. The van der Waals surface area contributed by atoms with E-state index in [0.717, 1.165) is 67.9 Å². The van der Waals surface area contributed by atoms with E-state index in [0.29, 0.717) is 11.2 Å². The molecule has 1 N–H and O–H groups in total. The van der Waals surface area contributed by atoms with E-state index in [1.807, 2.05) is 31.7 Å². The molecule has 0 aromatic carbocycles. The minimum atomic E-state index is 0. The minimum Gasteiger partial charge on any atom is -0.338 e. The normalized spacial score (nSPS) is 23.2. The number of hydrogen-bond acceptors (Lipinski definition) is 4. The highest BCUT2D eigenvalue weighted by Crippen LogP contribution is 2.28. The molecule has 0 saturated carbocycles.